The summed E-state index contributed by atoms with van der Waals surface area (Å²) in [7, 11) is 0. The van der Waals surface area contributed by atoms with E-state index in [4.69, 9.17) is 9.47 Å². The molecule has 2 aliphatic heterocycles. The van der Waals surface area contributed by atoms with Gasteiger partial charge in [0.15, 0.2) is 0 Å². The van der Waals surface area contributed by atoms with Crippen LogP contribution in [0.5, 0.6) is 0 Å². The molecule has 1 N–H and O–H groups in total. The van der Waals surface area contributed by atoms with Crippen molar-refractivity contribution < 1.29 is 14.3 Å². The standard InChI is InChI=1S/C15H29N3O3/c1-13(2)11-14(17-3-7-20-8-4-17)12-16-15(19)18-5-9-21-10-6-18/h13-14H,3-12H2,1-2H3,(H,16,19). The number of urea groups is 1. The fraction of sp³-hybridized carbons (Fsp3) is 0.933. The van der Waals surface area contributed by atoms with Crippen molar-refractivity contribution in [3.63, 3.8) is 0 Å². The molecule has 2 amide bonds. The quantitative estimate of drug-likeness (QED) is 0.815. The summed E-state index contributed by atoms with van der Waals surface area (Å²) < 4.78 is 10.7. The number of nitrogens with zero attached hydrogens (tertiary/aromatic N) is 2. The van der Waals surface area contributed by atoms with E-state index < -0.39 is 0 Å². The molecule has 0 aliphatic carbocycles. The molecule has 6 heteroatoms. The normalized spacial score (nSPS) is 22.3. The van der Waals surface area contributed by atoms with Crippen molar-refractivity contribution in [3.05, 3.63) is 0 Å². The Bertz CT molecular complexity index is 313. The van der Waals surface area contributed by atoms with Crippen molar-refractivity contribution in [2.24, 2.45) is 5.92 Å². The highest BCUT2D eigenvalue weighted by Crippen LogP contribution is 2.13. The van der Waals surface area contributed by atoms with Crippen LogP contribution in [0.25, 0.3) is 0 Å². The molecule has 0 saturated carbocycles. The van der Waals surface area contributed by atoms with E-state index in [2.05, 4.69) is 24.1 Å². The molecule has 2 saturated heterocycles. The Labute approximate surface area is 127 Å². The molecule has 0 aromatic rings. The second-order valence-corrected chi connectivity index (χ2v) is 6.22. The van der Waals surface area contributed by atoms with Crippen molar-refractivity contribution in [2.45, 2.75) is 26.3 Å². The van der Waals surface area contributed by atoms with E-state index in [9.17, 15) is 4.79 Å². The first kappa shape index (κ1) is 16.5. The topological polar surface area (TPSA) is 54.0 Å². The van der Waals surface area contributed by atoms with Gasteiger partial charge >= 0.3 is 6.03 Å². The van der Waals surface area contributed by atoms with Crippen LogP contribution in [0.15, 0.2) is 0 Å². The summed E-state index contributed by atoms with van der Waals surface area (Å²) >= 11 is 0. The van der Waals surface area contributed by atoms with Crippen molar-refractivity contribution in [3.8, 4) is 0 Å². The predicted molar refractivity (Wildman–Crippen MR) is 81.4 cm³/mol. The molecule has 2 heterocycles. The summed E-state index contributed by atoms with van der Waals surface area (Å²) in [6.07, 6.45) is 1.10. The third-order valence-electron chi connectivity index (χ3n) is 4.09. The summed E-state index contributed by atoms with van der Waals surface area (Å²) in [6, 6.07) is 0.444. The van der Waals surface area contributed by atoms with Crippen LogP contribution in [-0.4, -0.2) is 81.0 Å². The number of ether oxygens (including phenoxy) is 2. The molecular weight excluding hydrogens is 270 g/mol. The van der Waals surface area contributed by atoms with Crippen molar-refractivity contribution in [1.82, 2.24) is 15.1 Å². The molecule has 2 fully saturated rings. The average molecular weight is 299 g/mol. The van der Waals surface area contributed by atoms with Crippen LogP contribution < -0.4 is 5.32 Å². The number of morpholine rings is 2. The maximum absolute atomic E-state index is 12.2. The number of hydrogen-bond acceptors (Lipinski definition) is 4. The molecule has 122 valence electrons. The summed E-state index contributed by atoms with van der Waals surface area (Å²) in [6.45, 7) is 11.4. The van der Waals surface area contributed by atoms with Crippen LogP contribution in [0.4, 0.5) is 4.79 Å². The van der Waals surface area contributed by atoms with Gasteiger partial charge in [-0.05, 0) is 12.3 Å². The molecule has 0 aromatic carbocycles. The zero-order valence-electron chi connectivity index (χ0n) is 13.3. The zero-order chi connectivity index (χ0) is 15.1. The van der Waals surface area contributed by atoms with Crippen molar-refractivity contribution in [1.29, 1.82) is 0 Å². The Morgan fingerprint density at radius 3 is 2.19 bits per heavy atom. The minimum absolute atomic E-state index is 0.0420. The first-order valence-electron chi connectivity index (χ1n) is 8.09. The fourth-order valence-corrected chi connectivity index (χ4v) is 2.93. The minimum Gasteiger partial charge on any atom is -0.379 e. The molecule has 21 heavy (non-hydrogen) atoms. The summed E-state index contributed by atoms with van der Waals surface area (Å²) in [4.78, 5) is 16.5. The molecule has 1 unspecified atom stereocenters. The van der Waals surface area contributed by atoms with Gasteiger partial charge in [-0.2, -0.15) is 0 Å². The number of carbonyl (C=O) groups excluding carboxylic acids is 1. The SMILES string of the molecule is CC(C)CC(CNC(=O)N1CCOCC1)N1CCOCC1. The Balaban J connectivity index is 1.81. The van der Waals surface area contributed by atoms with Crippen LogP contribution >= 0.6 is 0 Å². The van der Waals surface area contributed by atoms with E-state index >= 15 is 0 Å². The molecule has 6 nitrogen and oxygen atoms in total. The summed E-state index contributed by atoms with van der Waals surface area (Å²) in [5, 5.41) is 3.10. The Morgan fingerprint density at radius 2 is 1.62 bits per heavy atom. The average Bonchev–Trinajstić information content (AvgIpc) is 2.52. The van der Waals surface area contributed by atoms with Gasteiger partial charge in [0.2, 0.25) is 0 Å². The van der Waals surface area contributed by atoms with Gasteiger partial charge in [-0.15, -0.1) is 0 Å². The molecule has 0 bridgehead atoms. The molecule has 0 radical (unpaired) electrons. The number of nitrogens with one attached hydrogen (secondary N) is 1. The lowest BCUT2D eigenvalue weighted by molar-refractivity contribution is 0.0121. The second-order valence-electron chi connectivity index (χ2n) is 6.22. The predicted octanol–water partition coefficient (Wildman–Crippen LogP) is 0.775. The van der Waals surface area contributed by atoms with Crippen LogP contribution in [0.1, 0.15) is 20.3 Å². The lowest BCUT2D eigenvalue weighted by atomic mass is 10.0. The van der Waals surface area contributed by atoms with E-state index in [1.807, 2.05) is 4.90 Å². The van der Waals surface area contributed by atoms with Gasteiger partial charge in [-0.1, -0.05) is 13.8 Å². The Morgan fingerprint density at radius 1 is 1.05 bits per heavy atom. The highest BCUT2D eigenvalue weighted by atomic mass is 16.5. The van der Waals surface area contributed by atoms with Gasteiger partial charge < -0.3 is 19.7 Å². The Hall–Kier alpha value is -0.850. The summed E-state index contributed by atoms with van der Waals surface area (Å²) in [5.41, 5.74) is 0. The van der Waals surface area contributed by atoms with Gasteiger partial charge in [-0.3, -0.25) is 4.90 Å². The van der Waals surface area contributed by atoms with Gasteiger partial charge in [0.25, 0.3) is 0 Å². The zero-order valence-corrected chi connectivity index (χ0v) is 13.3. The second kappa shape index (κ2) is 8.56. The maximum atomic E-state index is 12.2. The van der Waals surface area contributed by atoms with E-state index in [1.54, 1.807) is 0 Å². The van der Waals surface area contributed by atoms with E-state index in [-0.39, 0.29) is 6.03 Å². The lowest BCUT2D eigenvalue weighted by Crippen LogP contribution is -2.52. The molecule has 2 rings (SSSR count). The minimum atomic E-state index is 0.0420. The van der Waals surface area contributed by atoms with E-state index in [0.29, 0.717) is 44.8 Å². The lowest BCUT2D eigenvalue weighted by Gasteiger charge is -2.36. The first-order chi connectivity index (χ1) is 10.2. The monoisotopic (exact) mass is 299 g/mol. The third kappa shape index (κ3) is 5.45. The molecule has 2 aliphatic rings. The molecule has 1 atom stereocenters. The van der Waals surface area contributed by atoms with Crippen molar-refractivity contribution >= 4 is 6.03 Å². The number of amides is 2. The Kier molecular flexibility index (Phi) is 6.73. The van der Waals surface area contributed by atoms with Crippen LogP contribution in [0, 0.1) is 5.92 Å². The third-order valence-corrected chi connectivity index (χ3v) is 4.09. The van der Waals surface area contributed by atoms with Crippen LogP contribution in [0.2, 0.25) is 0 Å². The number of rotatable bonds is 5. The van der Waals surface area contributed by atoms with Crippen LogP contribution in [-0.2, 0) is 9.47 Å². The number of carbonyl (C=O) groups is 1. The largest absolute Gasteiger partial charge is 0.379 e. The molecular formula is C15H29N3O3. The van der Waals surface area contributed by atoms with Gasteiger partial charge in [0, 0.05) is 38.8 Å². The van der Waals surface area contributed by atoms with Crippen molar-refractivity contribution in [2.75, 3.05) is 59.2 Å². The van der Waals surface area contributed by atoms with Gasteiger partial charge in [0.05, 0.1) is 26.4 Å². The molecule has 0 aromatic heterocycles. The molecule has 0 spiro atoms. The summed E-state index contributed by atoms with van der Waals surface area (Å²) in [5.74, 6) is 0.623. The van der Waals surface area contributed by atoms with E-state index in [0.717, 1.165) is 32.7 Å². The smallest absolute Gasteiger partial charge is 0.317 e. The van der Waals surface area contributed by atoms with Gasteiger partial charge in [-0.25, -0.2) is 4.79 Å². The fourth-order valence-electron chi connectivity index (χ4n) is 2.93. The highest BCUT2D eigenvalue weighted by Gasteiger charge is 2.24. The highest BCUT2D eigenvalue weighted by molar-refractivity contribution is 5.74. The first-order valence-corrected chi connectivity index (χ1v) is 8.09. The van der Waals surface area contributed by atoms with E-state index in [1.165, 1.54) is 0 Å². The van der Waals surface area contributed by atoms with Gasteiger partial charge in [0.1, 0.15) is 0 Å². The maximum Gasteiger partial charge on any atom is 0.317 e. The van der Waals surface area contributed by atoms with Crippen LogP contribution in [0.3, 0.4) is 0 Å². The number of hydrogen-bond donors (Lipinski definition) is 1.